The molecule has 1 N–H and O–H groups in total. The average molecular weight is 487 g/mol. The van der Waals surface area contributed by atoms with Gasteiger partial charge in [-0.25, -0.2) is 12.8 Å². The largest absolute Gasteiger partial charge is 0.497 e. The summed E-state index contributed by atoms with van der Waals surface area (Å²) in [6.45, 7) is -0.212. The van der Waals surface area contributed by atoms with Crippen molar-refractivity contribution in [2.75, 3.05) is 31.6 Å². The first kappa shape index (κ1) is 25.0. The standard InChI is InChI=1S/C25H27FN2O5S/c1-32-20-11-9-19(10-12-20)6-5-17-27-25(29)18-28(24-8-4-3-7-23(24)26)34(30,31)22-15-13-21(33-2)14-16-22/h3-4,7-16H,5-6,17-18H2,1-2H3,(H,27,29). The molecule has 0 atom stereocenters. The van der Waals surface area contributed by atoms with Gasteiger partial charge in [-0.3, -0.25) is 9.10 Å². The normalized spacial score (nSPS) is 11.0. The van der Waals surface area contributed by atoms with Crippen LogP contribution in [0.25, 0.3) is 0 Å². The van der Waals surface area contributed by atoms with Crippen LogP contribution in [0.2, 0.25) is 0 Å². The maximum Gasteiger partial charge on any atom is 0.264 e. The van der Waals surface area contributed by atoms with Crippen LogP contribution in [0.3, 0.4) is 0 Å². The molecule has 0 aliphatic rings. The number of anilines is 1. The van der Waals surface area contributed by atoms with Gasteiger partial charge in [0.2, 0.25) is 5.91 Å². The molecule has 180 valence electrons. The maximum atomic E-state index is 14.5. The number of hydrogen-bond acceptors (Lipinski definition) is 5. The molecule has 0 radical (unpaired) electrons. The minimum atomic E-state index is -4.21. The van der Waals surface area contributed by atoms with E-state index >= 15 is 0 Å². The molecular weight excluding hydrogens is 459 g/mol. The van der Waals surface area contributed by atoms with Crippen LogP contribution in [-0.2, 0) is 21.2 Å². The fourth-order valence-corrected chi connectivity index (χ4v) is 4.76. The number of aryl methyl sites for hydroxylation is 1. The number of carbonyl (C=O) groups excluding carboxylic acids is 1. The summed E-state index contributed by atoms with van der Waals surface area (Å²) < 4.78 is 52.2. The van der Waals surface area contributed by atoms with Crippen molar-refractivity contribution >= 4 is 21.6 Å². The number of ether oxygens (including phenoxy) is 2. The van der Waals surface area contributed by atoms with E-state index in [1.54, 1.807) is 7.11 Å². The Morgan fingerprint density at radius 2 is 1.50 bits per heavy atom. The summed E-state index contributed by atoms with van der Waals surface area (Å²) in [6, 6.07) is 18.8. The molecule has 34 heavy (non-hydrogen) atoms. The van der Waals surface area contributed by atoms with Crippen molar-refractivity contribution < 1.29 is 27.1 Å². The van der Waals surface area contributed by atoms with E-state index in [0.717, 1.165) is 28.1 Å². The Kier molecular flexibility index (Phi) is 8.48. The van der Waals surface area contributed by atoms with Crippen molar-refractivity contribution in [3.05, 3.63) is 84.2 Å². The van der Waals surface area contributed by atoms with E-state index in [9.17, 15) is 17.6 Å². The highest BCUT2D eigenvalue weighted by Crippen LogP contribution is 2.27. The van der Waals surface area contributed by atoms with Gasteiger partial charge in [-0.1, -0.05) is 24.3 Å². The van der Waals surface area contributed by atoms with Gasteiger partial charge in [-0.05, 0) is 66.9 Å². The Hall–Kier alpha value is -3.59. The lowest BCUT2D eigenvalue weighted by molar-refractivity contribution is -0.119. The molecule has 0 aliphatic heterocycles. The second-order valence-corrected chi connectivity index (χ2v) is 9.30. The van der Waals surface area contributed by atoms with Gasteiger partial charge < -0.3 is 14.8 Å². The van der Waals surface area contributed by atoms with Crippen LogP contribution < -0.4 is 19.1 Å². The molecule has 0 saturated heterocycles. The molecule has 0 unspecified atom stereocenters. The first-order valence-electron chi connectivity index (χ1n) is 10.7. The van der Waals surface area contributed by atoms with Crippen LogP contribution in [0.15, 0.2) is 77.7 Å². The second kappa shape index (κ2) is 11.5. The van der Waals surface area contributed by atoms with Crippen molar-refractivity contribution in [3.8, 4) is 11.5 Å². The number of nitrogens with zero attached hydrogens (tertiary/aromatic N) is 1. The highest BCUT2D eigenvalue weighted by atomic mass is 32.2. The highest BCUT2D eigenvalue weighted by Gasteiger charge is 2.29. The molecule has 9 heteroatoms. The number of benzene rings is 3. The minimum Gasteiger partial charge on any atom is -0.497 e. The number of amides is 1. The van der Waals surface area contributed by atoms with Crippen molar-refractivity contribution in [2.45, 2.75) is 17.7 Å². The molecule has 0 bridgehead atoms. The quantitative estimate of drug-likeness (QED) is 0.417. The first-order chi connectivity index (χ1) is 16.3. The van der Waals surface area contributed by atoms with E-state index in [-0.39, 0.29) is 10.6 Å². The predicted molar refractivity (Wildman–Crippen MR) is 128 cm³/mol. The first-order valence-corrected chi connectivity index (χ1v) is 12.1. The monoisotopic (exact) mass is 486 g/mol. The number of halogens is 1. The third-order valence-corrected chi connectivity index (χ3v) is 6.95. The number of rotatable bonds is 11. The fourth-order valence-electron chi connectivity index (χ4n) is 3.33. The number of nitrogens with one attached hydrogen (secondary N) is 1. The molecule has 0 aromatic heterocycles. The summed E-state index contributed by atoms with van der Waals surface area (Å²) in [5.41, 5.74) is 0.886. The molecule has 1 amide bonds. The van der Waals surface area contributed by atoms with Crippen LogP contribution in [0.5, 0.6) is 11.5 Å². The van der Waals surface area contributed by atoms with Crippen molar-refractivity contribution in [2.24, 2.45) is 0 Å². The summed E-state index contributed by atoms with van der Waals surface area (Å²) in [6.07, 6.45) is 1.38. The second-order valence-electron chi connectivity index (χ2n) is 7.44. The summed E-state index contributed by atoms with van der Waals surface area (Å²) >= 11 is 0. The molecule has 0 heterocycles. The zero-order valence-corrected chi connectivity index (χ0v) is 19.8. The van der Waals surface area contributed by atoms with Gasteiger partial charge in [-0.2, -0.15) is 0 Å². The zero-order chi connectivity index (χ0) is 24.6. The van der Waals surface area contributed by atoms with Crippen LogP contribution in [-0.4, -0.2) is 41.6 Å². The Balaban J connectivity index is 1.69. The molecule has 3 aromatic carbocycles. The number of hydrogen-bond donors (Lipinski definition) is 1. The molecular formula is C25H27FN2O5S. The summed E-state index contributed by atoms with van der Waals surface area (Å²) in [5.74, 6) is -0.0312. The molecule has 3 aromatic rings. The van der Waals surface area contributed by atoms with Crippen molar-refractivity contribution in [1.29, 1.82) is 0 Å². The van der Waals surface area contributed by atoms with Crippen LogP contribution in [0, 0.1) is 5.82 Å². The van der Waals surface area contributed by atoms with E-state index in [2.05, 4.69) is 5.32 Å². The van der Waals surface area contributed by atoms with E-state index in [4.69, 9.17) is 9.47 Å². The lowest BCUT2D eigenvalue weighted by Crippen LogP contribution is -2.41. The number of sulfonamides is 1. The van der Waals surface area contributed by atoms with Gasteiger partial charge in [-0.15, -0.1) is 0 Å². The smallest absolute Gasteiger partial charge is 0.264 e. The van der Waals surface area contributed by atoms with Crippen molar-refractivity contribution in [1.82, 2.24) is 5.32 Å². The van der Waals surface area contributed by atoms with Crippen LogP contribution in [0.1, 0.15) is 12.0 Å². The average Bonchev–Trinajstić information content (AvgIpc) is 2.86. The van der Waals surface area contributed by atoms with E-state index in [1.165, 1.54) is 49.6 Å². The summed E-state index contributed by atoms with van der Waals surface area (Å²) in [4.78, 5) is 12.6. The molecule has 0 aliphatic carbocycles. The molecule has 0 spiro atoms. The molecule has 0 fully saturated rings. The summed E-state index contributed by atoms with van der Waals surface area (Å²) in [7, 11) is -1.14. The van der Waals surface area contributed by atoms with Gasteiger partial charge >= 0.3 is 0 Å². The van der Waals surface area contributed by atoms with Crippen LogP contribution in [0.4, 0.5) is 10.1 Å². The predicted octanol–water partition coefficient (Wildman–Crippen LogP) is 3.79. The van der Waals surface area contributed by atoms with Gasteiger partial charge in [0.25, 0.3) is 10.0 Å². The number of methoxy groups -OCH3 is 2. The third-order valence-electron chi connectivity index (χ3n) is 5.18. The molecule has 3 rings (SSSR count). The Labute approximate surface area is 199 Å². The Morgan fingerprint density at radius 3 is 2.09 bits per heavy atom. The lowest BCUT2D eigenvalue weighted by atomic mass is 10.1. The number of carbonyl (C=O) groups is 1. The van der Waals surface area contributed by atoms with E-state index < -0.39 is 28.3 Å². The summed E-state index contributed by atoms with van der Waals surface area (Å²) in [5, 5.41) is 2.72. The van der Waals surface area contributed by atoms with Gasteiger partial charge in [0.05, 0.1) is 24.8 Å². The minimum absolute atomic E-state index is 0.0798. The fraction of sp³-hybridized carbons (Fsp3) is 0.240. The highest BCUT2D eigenvalue weighted by molar-refractivity contribution is 7.92. The molecule has 7 nitrogen and oxygen atoms in total. The number of para-hydroxylation sites is 1. The van der Waals surface area contributed by atoms with Crippen LogP contribution >= 0.6 is 0 Å². The maximum absolute atomic E-state index is 14.5. The topological polar surface area (TPSA) is 84.9 Å². The Morgan fingerprint density at radius 1 is 0.912 bits per heavy atom. The third kappa shape index (κ3) is 6.26. The van der Waals surface area contributed by atoms with Gasteiger partial charge in [0, 0.05) is 6.54 Å². The Bertz CT molecular complexity index is 1200. The van der Waals surface area contributed by atoms with E-state index in [1.807, 2.05) is 24.3 Å². The molecule has 0 saturated carbocycles. The SMILES string of the molecule is COc1ccc(CCCNC(=O)CN(c2ccccc2F)S(=O)(=O)c2ccc(OC)cc2)cc1. The van der Waals surface area contributed by atoms with Crippen molar-refractivity contribution in [3.63, 3.8) is 0 Å². The van der Waals surface area contributed by atoms with E-state index in [0.29, 0.717) is 18.7 Å². The zero-order valence-electron chi connectivity index (χ0n) is 19.0. The van der Waals surface area contributed by atoms with Gasteiger partial charge in [0.15, 0.2) is 0 Å². The lowest BCUT2D eigenvalue weighted by Gasteiger charge is -2.24. The van der Waals surface area contributed by atoms with Gasteiger partial charge in [0.1, 0.15) is 23.9 Å².